The summed E-state index contributed by atoms with van der Waals surface area (Å²) in [6.45, 7) is 3.67. The van der Waals surface area contributed by atoms with Crippen LogP contribution in [0.15, 0.2) is 24.3 Å². The van der Waals surface area contributed by atoms with E-state index in [9.17, 15) is 9.59 Å². The van der Waals surface area contributed by atoms with E-state index in [-0.39, 0.29) is 36.3 Å². The summed E-state index contributed by atoms with van der Waals surface area (Å²) in [7, 11) is 0. The van der Waals surface area contributed by atoms with Crippen molar-refractivity contribution >= 4 is 30.0 Å². The van der Waals surface area contributed by atoms with Crippen molar-refractivity contribution in [2.75, 3.05) is 25.0 Å². The molecule has 3 amide bonds. The molecule has 0 aromatic heterocycles. The number of hydrogen-bond donors (Lipinski definition) is 3. The first-order valence-corrected chi connectivity index (χ1v) is 9.19. The number of likely N-dealkylation sites (tertiary alicyclic amines) is 1. The fourth-order valence-electron chi connectivity index (χ4n) is 3.35. The van der Waals surface area contributed by atoms with E-state index in [4.69, 9.17) is 5.73 Å². The Hall–Kier alpha value is -1.79. The lowest BCUT2D eigenvalue weighted by Crippen LogP contribution is -2.48. The average Bonchev–Trinajstić information content (AvgIpc) is 3.44. The molecule has 2 atom stereocenters. The normalized spacial score (nSPS) is 20.7. The molecule has 2 aliphatic rings. The molecule has 0 bridgehead atoms. The third-order valence-corrected chi connectivity index (χ3v) is 5.09. The lowest BCUT2D eigenvalue weighted by atomic mass is 9.97. The number of rotatable bonds is 5. The molecular formula is C19H29ClN4O2. The Labute approximate surface area is 161 Å². The zero-order chi connectivity index (χ0) is 17.8. The second kappa shape index (κ2) is 9.24. The smallest absolute Gasteiger partial charge is 0.321 e. The van der Waals surface area contributed by atoms with E-state index >= 15 is 0 Å². The van der Waals surface area contributed by atoms with Crippen molar-refractivity contribution in [1.82, 2.24) is 10.2 Å². The van der Waals surface area contributed by atoms with Crippen molar-refractivity contribution < 1.29 is 9.59 Å². The van der Waals surface area contributed by atoms with Gasteiger partial charge >= 0.3 is 6.03 Å². The predicted octanol–water partition coefficient (Wildman–Crippen LogP) is 2.51. The number of nitrogens with one attached hydrogen (secondary N) is 2. The molecule has 1 saturated heterocycles. The van der Waals surface area contributed by atoms with Crippen LogP contribution in [0.5, 0.6) is 0 Å². The van der Waals surface area contributed by atoms with Crippen LogP contribution in [-0.2, 0) is 4.79 Å². The summed E-state index contributed by atoms with van der Waals surface area (Å²) in [6, 6.07) is 7.64. The molecule has 144 valence electrons. The van der Waals surface area contributed by atoms with Crippen LogP contribution in [0.3, 0.4) is 0 Å². The van der Waals surface area contributed by atoms with Gasteiger partial charge < -0.3 is 21.3 Å². The highest BCUT2D eigenvalue weighted by molar-refractivity contribution is 5.90. The van der Waals surface area contributed by atoms with Crippen LogP contribution < -0.4 is 16.4 Å². The van der Waals surface area contributed by atoms with Gasteiger partial charge in [0, 0.05) is 31.4 Å². The van der Waals surface area contributed by atoms with E-state index in [1.54, 1.807) is 4.90 Å². The number of halogens is 1. The summed E-state index contributed by atoms with van der Waals surface area (Å²) in [5.74, 6) is 0.441. The van der Waals surface area contributed by atoms with Gasteiger partial charge in [0.05, 0.1) is 5.92 Å². The van der Waals surface area contributed by atoms with Crippen LogP contribution >= 0.6 is 12.4 Å². The number of carbonyl (C=O) groups is 2. The van der Waals surface area contributed by atoms with Crippen LogP contribution in [-0.4, -0.2) is 42.5 Å². The Morgan fingerprint density at radius 2 is 2.08 bits per heavy atom. The highest BCUT2D eigenvalue weighted by Gasteiger charge is 2.31. The van der Waals surface area contributed by atoms with Gasteiger partial charge in [-0.1, -0.05) is 12.1 Å². The molecule has 7 heteroatoms. The molecule has 1 aliphatic carbocycles. The number of nitrogens with two attached hydrogens (primary N) is 1. The largest absolute Gasteiger partial charge is 0.354 e. The highest BCUT2D eigenvalue weighted by Crippen LogP contribution is 2.31. The molecule has 26 heavy (non-hydrogen) atoms. The summed E-state index contributed by atoms with van der Waals surface area (Å²) in [4.78, 5) is 26.6. The van der Waals surface area contributed by atoms with Gasteiger partial charge in [-0.05, 0) is 56.2 Å². The second-order valence-corrected chi connectivity index (χ2v) is 7.33. The van der Waals surface area contributed by atoms with Crippen molar-refractivity contribution in [1.29, 1.82) is 0 Å². The van der Waals surface area contributed by atoms with Gasteiger partial charge in [0.25, 0.3) is 0 Å². The quantitative estimate of drug-likeness (QED) is 0.733. The molecule has 6 nitrogen and oxygen atoms in total. The van der Waals surface area contributed by atoms with Crippen LogP contribution in [0.25, 0.3) is 0 Å². The van der Waals surface area contributed by atoms with Crippen LogP contribution in [0.2, 0.25) is 0 Å². The molecule has 1 aromatic carbocycles. The maximum Gasteiger partial charge on any atom is 0.321 e. The number of nitrogens with zero attached hydrogens (tertiary/aromatic N) is 1. The van der Waals surface area contributed by atoms with Crippen molar-refractivity contribution in [3.05, 3.63) is 29.8 Å². The third-order valence-electron chi connectivity index (χ3n) is 5.09. The SMILES string of the molecule is Cc1cccc(NC(=O)N2CCCC(C(=O)NCC(N)C3CC3)C2)c1.Cl. The van der Waals surface area contributed by atoms with E-state index in [2.05, 4.69) is 10.6 Å². The van der Waals surface area contributed by atoms with E-state index in [1.165, 1.54) is 12.8 Å². The zero-order valence-electron chi connectivity index (χ0n) is 15.2. The van der Waals surface area contributed by atoms with Gasteiger partial charge in [-0.25, -0.2) is 4.79 Å². The molecule has 1 aromatic rings. The van der Waals surface area contributed by atoms with Crippen molar-refractivity contribution in [3.63, 3.8) is 0 Å². The van der Waals surface area contributed by atoms with Gasteiger partial charge in [-0.2, -0.15) is 0 Å². The number of benzene rings is 1. The number of piperidine rings is 1. The highest BCUT2D eigenvalue weighted by atomic mass is 35.5. The summed E-state index contributed by atoms with van der Waals surface area (Å²) in [6.07, 6.45) is 4.01. The third kappa shape index (κ3) is 5.61. The first kappa shape index (κ1) is 20.5. The molecule has 0 radical (unpaired) electrons. The molecule has 0 spiro atoms. The molecular weight excluding hydrogens is 352 g/mol. The number of amides is 3. The van der Waals surface area contributed by atoms with Crippen molar-refractivity contribution in [2.24, 2.45) is 17.6 Å². The van der Waals surface area contributed by atoms with E-state index < -0.39 is 0 Å². The molecule has 2 fully saturated rings. The summed E-state index contributed by atoms with van der Waals surface area (Å²) >= 11 is 0. The topological polar surface area (TPSA) is 87.5 Å². The number of anilines is 1. The molecule has 1 aliphatic heterocycles. The van der Waals surface area contributed by atoms with Crippen LogP contribution in [0, 0.1) is 18.8 Å². The van der Waals surface area contributed by atoms with Gasteiger partial charge in [0.15, 0.2) is 0 Å². The Morgan fingerprint density at radius 3 is 2.77 bits per heavy atom. The van der Waals surface area contributed by atoms with E-state index in [0.29, 0.717) is 25.6 Å². The molecule has 3 rings (SSSR count). The second-order valence-electron chi connectivity index (χ2n) is 7.33. The number of hydrogen-bond acceptors (Lipinski definition) is 3. The van der Waals surface area contributed by atoms with E-state index in [1.807, 2.05) is 31.2 Å². The Morgan fingerprint density at radius 1 is 1.31 bits per heavy atom. The van der Waals surface area contributed by atoms with Crippen LogP contribution in [0.1, 0.15) is 31.2 Å². The lowest BCUT2D eigenvalue weighted by Gasteiger charge is -2.32. The molecule has 1 saturated carbocycles. The monoisotopic (exact) mass is 380 g/mol. The number of urea groups is 1. The first-order valence-electron chi connectivity index (χ1n) is 9.19. The van der Waals surface area contributed by atoms with Gasteiger partial charge in [0.1, 0.15) is 0 Å². The number of carbonyl (C=O) groups excluding carboxylic acids is 2. The standard InChI is InChI=1S/C19H28N4O2.ClH/c1-13-4-2-6-16(10-13)22-19(25)23-9-3-5-15(12-23)18(24)21-11-17(20)14-7-8-14;/h2,4,6,10,14-15,17H,3,5,7-9,11-12,20H2,1H3,(H,21,24)(H,22,25);1H. The Bertz CT molecular complexity index is 636. The fourth-order valence-corrected chi connectivity index (χ4v) is 3.35. The summed E-state index contributed by atoms with van der Waals surface area (Å²) in [5, 5.41) is 5.89. The molecule has 4 N–H and O–H groups in total. The first-order chi connectivity index (χ1) is 12.0. The van der Waals surface area contributed by atoms with Crippen LogP contribution in [0.4, 0.5) is 10.5 Å². The molecule has 1 heterocycles. The van der Waals surface area contributed by atoms with Gasteiger partial charge in [-0.15, -0.1) is 12.4 Å². The summed E-state index contributed by atoms with van der Waals surface area (Å²) < 4.78 is 0. The van der Waals surface area contributed by atoms with Gasteiger partial charge in [0.2, 0.25) is 5.91 Å². The van der Waals surface area contributed by atoms with Crippen molar-refractivity contribution in [2.45, 2.75) is 38.6 Å². The average molecular weight is 381 g/mol. The fraction of sp³-hybridized carbons (Fsp3) is 0.579. The van der Waals surface area contributed by atoms with E-state index in [0.717, 1.165) is 24.1 Å². The van der Waals surface area contributed by atoms with Gasteiger partial charge in [-0.3, -0.25) is 4.79 Å². The number of aryl methyl sites for hydroxylation is 1. The minimum atomic E-state index is -0.150. The lowest BCUT2D eigenvalue weighted by molar-refractivity contribution is -0.126. The maximum atomic E-state index is 12.5. The minimum Gasteiger partial charge on any atom is -0.354 e. The Kier molecular flexibility index (Phi) is 7.29. The predicted molar refractivity (Wildman–Crippen MR) is 105 cm³/mol. The molecule has 2 unspecified atom stereocenters. The Balaban J connectivity index is 0.00000243. The van der Waals surface area contributed by atoms with Crippen molar-refractivity contribution in [3.8, 4) is 0 Å². The maximum absolute atomic E-state index is 12.5. The minimum absolute atomic E-state index is 0. The summed E-state index contributed by atoms with van der Waals surface area (Å²) in [5.41, 5.74) is 7.92. The zero-order valence-corrected chi connectivity index (χ0v) is 16.1.